The topological polar surface area (TPSA) is 45.2 Å². The van der Waals surface area contributed by atoms with Crippen molar-refractivity contribution in [1.82, 2.24) is 15.2 Å². The van der Waals surface area contributed by atoms with Crippen molar-refractivity contribution >= 4 is 27.5 Å². The molecule has 0 radical (unpaired) electrons. The Bertz CT molecular complexity index is 1190. The van der Waals surface area contributed by atoms with Crippen molar-refractivity contribution in [3.8, 4) is 0 Å². The zero-order valence-corrected chi connectivity index (χ0v) is 22.5. The number of alkyl halides is 1. The van der Waals surface area contributed by atoms with Gasteiger partial charge in [-0.15, -0.1) is 11.3 Å². The Balaban J connectivity index is 1.31. The summed E-state index contributed by atoms with van der Waals surface area (Å²) in [5, 5.41) is 4.37. The standard InChI is InChI=1S/C30H38FN3OS/c1-30(2,3)23-9-10-25-21(18-23)17-22-19-27(36-29(22)33-25)28(35)32-26(20-7-5-4-6-8-20)13-16-34-14-11-24(31)12-15-34/h4-8,17,19,23-24,26H,9-16,18H2,1-3H3,(H,32,35)/t23-,26?/m0/s1. The Kier molecular flexibility index (Phi) is 7.45. The van der Waals surface area contributed by atoms with Crippen LogP contribution in [0.2, 0.25) is 0 Å². The molecule has 3 heterocycles. The number of nitrogens with one attached hydrogen (secondary N) is 1. The highest BCUT2D eigenvalue weighted by molar-refractivity contribution is 7.20. The number of carbonyl (C=O) groups excluding carboxylic acids is 1. The summed E-state index contributed by atoms with van der Waals surface area (Å²) in [6.07, 6.45) is 4.61. The molecule has 5 rings (SSSR count). The van der Waals surface area contributed by atoms with Crippen LogP contribution in [-0.4, -0.2) is 41.6 Å². The molecule has 1 aliphatic carbocycles. The molecule has 1 unspecified atom stereocenters. The van der Waals surface area contributed by atoms with E-state index in [4.69, 9.17) is 4.98 Å². The predicted octanol–water partition coefficient (Wildman–Crippen LogP) is 6.74. The monoisotopic (exact) mass is 507 g/mol. The Morgan fingerprint density at radius 3 is 2.64 bits per heavy atom. The minimum atomic E-state index is -0.669. The lowest BCUT2D eigenvalue weighted by atomic mass is 9.71. The SMILES string of the molecule is CC(C)(C)[C@H]1CCc2nc3sc(C(=O)NC(CCN4CCC(F)CC4)c4ccccc4)cc3cc2C1. The van der Waals surface area contributed by atoms with E-state index in [-0.39, 0.29) is 11.9 Å². The summed E-state index contributed by atoms with van der Waals surface area (Å²) in [6, 6.07) is 14.4. The number of fused-ring (bicyclic) bond motifs is 2. The lowest BCUT2D eigenvalue weighted by molar-refractivity contribution is 0.0931. The number of benzene rings is 1. The molecule has 0 bridgehead atoms. The summed E-state index contributed by atoms with van der Waals surface area (Å²) in [5.74, 6) is 0.618. The van der Waals surface area contributed by atoms with Crippen LogP contribution in [0.3, 0.4) is 0 Å². The number of amides is 1. The average Bonchev–Trinajstić information content (AvgIpc) is 3.28. The van der Waals surface area contributed by atoms with Crippen LogP contribution >= 0.6 is 11.3 Å². The largest absolute Gasteiger partial charge is 0.344 e. The molecule has 2 aromatic heterocycles. The van der Waals surface area contributed by atoms with Gasteiger partial charge in [-0.1, -0.05) is 51.1 Å². The van der Waals surface area contributed by atoms with E-state index >= 15 is 0 Å². The predicted molar refractivity (Wildman–Crippen MR) is 146 cm³/mol. The first-order valence-electron chi connectivity index (χ1n) is 13.4. The minimum absolute atomic E-state index is 0.0418. The van der Waals surface area contributed by atoms with Crippen LogP contribution in [0.25, 0.3) is 10.2 Å². The van der Waals surface area contributed by atoms with Crippen molar-refractivity contribution in [2.75, 3.05) is 19.6 Å². The number of rotatable bonds is 6. The van der Waals surface area contributed by atoms with Gasteiger partial charge in [-0.2, -0.15) is 0 Å². The molecule has 6 heteroatoms. The average molecular weight is 508 g/mol. The summed E-state index contributed by atoms with van der Waals surface area (Å²) in [5.41, 5.74) is 3.95. The van der Waals surface area contributed by atoms with Crippen LogP contribution in [-0.2, 0) is 12.8 Å². The fraction of sp³-hybridized carbons (Fsp3) is 0.533. The molecule has 0 saturated carbocycles. The van der Waals surface area contributed by atoms with Crippen LogP contribution in [0.1, 0.15) is 79.0 Å². The molecule has 1 aromatic carbocycles. The van der Waals surface area contributed by atoms with E-state index in [1.807, 2.05) is 24.3 Å². The number of carbonyl (C=O) groups is 1. The molecule has 192 valence electrons. The van der Waals surface area contributed by atoms with Gasteiger partial charge in [0.15, 0.2) is 0 Å². The highest BCUT2D eigenvalue weighted by atomic mass is 32.1. The van der Waals surface area contributed by atoms with Gasteiger partial charge in [0.05, 0.1) is 10.9 Å². The number of piperidine rings is 1. The molecule has 1 saturated heterocycles. The molecule has 1 amide bonds. The number of hydrogen-bond acceptors (Lipinski definition) is 4. The van der Waals surface area contributed by atoms with Gasteiger partial charge in [0, 0.05) is 30.7 Å². The fourth-order valence-corrected chi connectivity index (χ4v) is 6.59. The van der Waals surface area contributed by atoms with Gasteiger partial charge in [-0.25, -0.2) is 9.37 Å². The smallest absolute Gasteiger partial charge is 0.261 e. The number of hydrogen-bond donors (Lipinski definition) is 1. The van der Waals surface area contributed by atoms with Crippen LogP contribution in [0.4, 0.5) is 4.39 Å². The van der Waals surface area contributed by atoms with Crippen molar-refractivity contribution < 1.29 is 9.18 Å². The Labute approximate surface area is 218 Å². The van der Waals surface area contributed by atoms with Crippen LogP contribution < -0.4 is 5.32 Å². The Morgan fingerprint density at radius 2 is 1.92 bits per heavy atom. The molecule has 3 aromatic rings. The maximum Gasteiger partial charge on any atom is 0.261 e. The summed E-state index contributed by atoms with van der Waals surface area (Å²) < 4.78 is 13.6. The van der Waals surface area contributed by atoms with E-state index < -0.39 is 6.17 Å². The molecule has 1 aliphatic heterocycles. The molecule has 4 nitrogen and oxygen atoms in total. The first-order valence-corrected chi connectivity index (χ1v) is 14.2. The van der Waals surface area contributed by atoms with E-state index in [9.17, 15) is 9.18 Å². The molecule has 36 heavy (non-hydrogen) atoms. The molecule has 1 N–H and O–H groups in total. The van der Waals surface area contributed by atoms with Crippen LogP contribution in [0, 0.1) is 11.3 Å². The number of likely N-dealkylation sites (tertiary alicyclic amines) is 1. The fourth-order valence-electron chi connectivity index (χ4n) is 5.65. The molecular weight excluding hydrogens is 469 g/mol. The van der Waals surface area contributed by atoms with Crippen LogP contribution in [0.15, 0.2) is 42.5 Å². The zero-order valence-electron chi connectivity index (χ0n) is 21.7. The third-order valence-corrected chi connectivity index (χ3v) is 9.12. The maximum absolute atomic E-state index is 13.6. The quantitative estimate of drug-likeness (QED) is 0.402. The van der Waals surface area contributed by atoms with Gasteiger partial charge in [-0.3, -0.25) is 4.79 Å². The number of aromatic nitrogens is 1. The van der Waals surface area contributed by atoms with Gasteiger partial charge in [0.25, 0.3) is 5.91 Å². The Hall–Kier alpha value is -2.31. The van der Waals surface area contributed by atoms with Crippen LogP contribution in [0.5, 0.6) is 0 Å². The second kappa shape index (κ2) is 10.6. The van der Waals surface area contributed by atoms with Gasteiger partial charge < -0.3 is 10.2 Å². The summed E-state index contributed by atoms with van der Waals surface area (Å²) in [4.78, 5) is 22.4. The summed E-state index contributed by atoms with van der Waals surface area (Å²) in [7, 11) is 0. The Morgan fingerprint density at radius 1 is 1.17 bits per heavy atom. The van der Waals surface area contributed by atoms with E-state index in [0.29, 0.717) is 29.1 Å². The van der Waals surface area contributed by atoms with Gasteiger partial charge in [-0.05, 0) is 73.1 Å². The molecule has 2 aliphatic rings. The lowest BCUT2D eigenvalue weighted by Crippen LogP contribution is -2.37. The number of pyridine rings is 1. The highest BCUT2D eigenvalue weighted by Gasteiger charge is 2.30. The first kappa shape index (κ1) is 25.3. The highest BCUT2D eigenvalue weighted by Crippen LogP contribution is 2.38. The van der Waals surface area contributed by atoms with Crippen molar-refractivity contribution in [1.29, 1.82) is 0 Å². The molecule has 1 fully saturated rings. The number of halogens is 1. The van der Waals surface area contributed by atoms with E-state index in [0.717, 1.165) is 54.7 Å². The van der Waals surface area contributed by atoms with Crippen molar-refractivity contribution in [2.24, 2.45) is 11.3 Å². The molecule has 2 atom stereocenters. The first-order chi connectivity index (χ1) is 17.3. The number of aryl methyl sites for hydroxylation is 1. The normalized spacial score (nSPS) is 20.3. The van der Waals surface area contributed by atoms with Crippen molar-refractivity contribution in [3.63, 3.8) is 0 Å². The zero-order chi connectivity index (χ0) is 25.3. The second-order valence-corrected chi connectivity index (χ2v) is 12.7. The summed E-state index contributed by atoms with van der Waals surface area (Å²) >= 11 is 1.49. The van der Waals surface area contributed by atoms with E-state index in [1.54, 1.807) is 0 Å². The lowest BCUT2D eigenvalue weighted by Gasteiger charge is -2.34. The van der Waals surface area contributed by atoms with Gasteiger partial charge in [0.2, 0.25) is 0 Å². The minimum Gasteiger partial charge on any atom is -0.344 e. The second-order valence-electron chi connectivity index (χ2n) is 11.6. The summed E-state index contributed by atoms with van der Waals surface area (Å²) in [6.45, 7) is 9.41. The molecule has 0 spiro atoms. The van der Waals surface area contributed by atoms with Crippen molar-refractivity contribution in [3.05, 3.63) is 64.2 Å². The number of thiophene rings is 1. The van der Waals surface area contributed by atoms with E-state index in [1.165, 1.54) is 29.0 Å². The number of nitrogens with zero attached hydrogens (tertiary/aromatic N) is 2. The maximum atomic E-state index is 13.6. The van der Waals surface area contributed by atoms with Crippen molar-refractivity contribution in [2.45, 2.75) is 71.5 Å². The third-order valence-electron chi connectivity index (χ3n) is 8.08. The van der Waals surface area contributed by atoms with Gasteiger partial charge in [0.1, 0.15) is 11.0 Å². The third kappa shape index (κ3) is 5.81. The molecular formula is C30H38FN3OS. The van der Waals surface area contributed by atoms with E-state index in [2.05, 4.69) is 49.2 Å². The van der Waals surface area contributed by atoms with Gasteiger partial charge >= 0.3 is 0 Å².